The minimum absolute atomic E-state index is 0.279. The van der Waals surface area contributed by atoms with Crippen LogP contribution in [0.3, 0.4) is 0 Å². The zero-order valence-electron chi connectivity index (χ0n) is 34.9. The number of rotatable bonds is 11. The topological polar surface area (TPSA) is 6.48 Å². The normalized spacial score (nSPS) is 17.7. The van der Waals surface area contributed by atoms with Gasteiger partial charge in [0.2, 0.25) is 0 Å². The molecule has 0 spiro atoms. The van der Waals surface area contributed by atoms with Gasteiger partial charge in [-0.2, -0.15) is 0 Å². The summed E-state index contributed by atoms with van der Waals surface area (Å²) in [5, 5.41) is 0. The van der Waals surface area contributed by atoms with E-state index in [0.717, 1.165) is 36.3 Å². The largest absolute Gasteiger partial charge is 0.335 e. The molecule has 2 heteroatoms. The molecule has 2 unspecified atom stereocenters. The standard InChI is InChI=1S/C60H50N2/c1-5-13-45(14-6-1)51-29-37-57(38-30-51)61(55-17-9-3-10-18-55)59-41-33-53(34-42-59)49-25-21-47(22-26-49)48-23-27-50(28-24-48)54-35-43-60(44-36-54)62(56-19-11-4-12-20-56)58-39-31-52(32-40-58)46-15-7-2-8-16-46/h1-15,17,19-29,31-44,46,51,55H,16,18,30H2/t46?,51?,55-/m1/s1. The monoisotopic (exact) mass is 798 g/mol. The molecular weight excluding hydrogens is 749 g/mol. The van der Waals surface area contributed by atoms with E-state index in [1.54, 1.807) is 0 Å². The zero-order chi connectivity index (χ0) is 41.5. The maximum atomic E-state index is 2.50. The van der Waals surface area contributed by atoms with Crippen molar-refractivity contribution in [3.8, 4) is 33.4 Å². The summed E-state index contributed by atoms with van der Waals surface area (Å²) in [7, 11) is 0. The number of anilines is 4. The maximum Gasteiger partial charge on any atom is 0.0559 e. The van der Waals surface area contributed by atoms with Crippen molar-refractivity contribution in [2.24, 2.45) is 0 Å². The Hall–Kier alpha value is -7.42. The molecule has 7 aromatic carbocycles. The minimum atomic E-state index is 0.279. The molecule has 3 aliphatic carbocycles. The number of allylic oxidation sites excluding steroid dienone is 9. The maximum absolute atomic E-state index is 2.50. The SMILES string of the molecule is C1=CCC(c2ccc(N(c3ccccc3)c3ccc(-c4ccc(-c5ccc(-c6ccc(N(C7=CCC(c8ccccc8)C=C7)[C@@H]7C=CC=CC7)cc6)cc5)cc4)cc3)cc2)C=C1. The quantitative estimate of drug-likeness (QED) is 0.129. The molecule has 62 heavy (non-hydrogen) atoms. The molecule has 0 radical (unpaired) electrons. The van der Waals surface area contributed by atoms with Gasteiger partial charge in [0.15, 0.2) is 0 Å². The predicted molar refractivity (Wildman–Crippen MR) is 263 cm³/mol. The smallest absolute Gasteiger partial charge is 0.0559 e. The van der Waals surface area contributed by atoms with Gasteiger partial charge in [-0.1, -0.05) is 194 Å². The first-order valence-electron chi connectivity index (χ1n) is 22.0. The number of para-hydroxylation sites is 1. The highest BCUT2D eigenvalue weighted by molar-refractivity contribution is 5.79. The Morgan fingerprint density at radius 3 is 1.26 bits per heavy atom. The van der Waals surface area contributed by atoms with Crippen molar-refractivity contribution in [3.05, 3.63) is 266 Å². The van der Waals surface area contributed by atoms with Crippen LogP contribution in [0.5, 0.6) is 0 Å². The summed E-state index contributed by atoms with van der Waals surface area (Å²) in [6.07, 6.45) is 27.9. The van der Waals surface area contributed by atoms with Crippen LogP contribution in [-0.4, -0.2) is 6.04 Å². The third-order valence-electron chi connectivity index (χ3n) is 12.5. The Labute approximate surface area is 367 Å². The van der Waals surface area contributed by atoms with Gasteiger partial charge in [0.05, 0.1) is 6.04 Å². The fourth-order valence-corrected chi connectivity index (χ4v) is 9.08. The second-order valence-electron chi connectivity index (χ2n) is 16.4. The third kappa shape index (κ3) is 8.46. The number of hydrogen-bond donors (Lipinski definition) is 0. The molecule has 10 rings (SSSR count). The van der Waals surface area contributed by atoms with Crippen molar-refractivity contribution < 1.29 is 0 Å². The van der Waals surface area contributed by atoms with Gasteiger partial charge < -0.3 is 9.80 Å². The summed E-state index contributed by atoms with van der Waals surface area (Å²) in [6, 6.07) is 66.7. The van der Waals surface area contributed by atoms with E-state index in [1.165, 1.54) is 55.9 Å². The summed E-state index contributed by atoms with van der Waals surface area (Å²) in [5.74, 6) is 0.850. The molecule has 0 heterocycles. The van der Waals surface area contributed by atoms with Crippen molar-refractivity contribution in [1.29, 1.82) is 0 Å². The summed E-state index contributed by atoms with van der Waals surface area (Å²) >= 11 is 0. The van der Waals surface area contributed by atoms with E-state index >= 15 is 0 Å². The number of nitrogens with zero attached hydrogens (tertiary/aromatic N) is 2. The second kappa shape index (κ2) is 18.1. The van der Waals surface area contributed by atoms with E-state index < -0.39 is 0 Å². The van der Waals surface area contributed by atoms with E-state index in [-0.39, 0.29) is 6.04 Å². The highest BCUT2D eigenvalue weighted by Gasteiger charge is 2.23. The van der Waals surface area contributed by atoms with Gasteiger partial charge in [-0.25, -0.2) is 0 Å². The lowest BCUT2D eigenvalue weighted by molar-refractivity contribution is 0.745. The van der Waals surface area contributed by atoms with Gasteiger partial charge in [-0.15, -0.1) is 0 Å². The van der Waals surface area contributed by atoms with Gasteiger partial charge in [0.25, 0.3) is 0 Å². The molecule has 0 N–H and O–H groups in total. The molecule has 0 aliphatic heterocycles. The molecule has 2 nitrogen and oxygen atoms in total. The first-order chi connectivity index (χ1) is 30.7. The highest BCUT2D eigenvalue weighted by Crippen LogP contribution is 2.38. The van der Waals surface area contributed by atoms with Crippen LogP contribution in [0, 0.1) is 0 Å². The van der Waals surface area contributed by atoms with E-state index in [9.17, 15) is 0 Å². The minimum Gasteiger partial charge on any atom is -0.335 e. The molecular formula is C60H50N2. The van der Waals surface area contributed by atoms with Crippen molar-refractivity contribution in [3.63, 3.8) is 0 Å². The summed E-state index contributed by atoms with van der Waals surface area (Å²) in [5.41, 5.74) is 15.9. The van der Waals surface area contributed by atoms with Gasteiger partial charge in [-0.05, 0) is 118 Å². The lowest BCUT2D eigenvalue weighted by Crippen LogP contribution is -2.33. The van der Waals surface area contributed by atoms with Crippen LogP contribution < -0.4 is 9.80 Å². The molecule has 0 fully saturated rings. The van der Waals surface area contributed by atoms with Crippen molar-refractivity contribution in [2.75, 3.05) is 9.80 Å². The average molecular weight is 799 g/mol. The number of benzene rings is 7. The summed E-state index contributed by atoms with van der Waals surface area (Å²) in [6.45, 7) is 0. The van der Waals surface area contributed by atoms with Crippen LogP contribution >= 0.6 is 0 Å². The van der Waals surface area contributed by atoms with Gasteiger partial charge in [0.1, 0.15) is 0 Å². The molecule has 7 aromatic rings. The molecule has 0 saturated heterocycles. The lowest BCUT2D eigenvalue weighted by atomic mass is 9.91. The second-order valence-corrected chi connectivity index (χ2v) is 16.4. The Bertz CT molecular complexity index is 2770. The van der Waals surface area contributed by atoms with E-state index in [2.05, 4.69) is 259 Å². The zero-order valence-corrected chi connectivity index (χ0v) is 34.9. The van der Waals surface area contributed by atoms with Crippen molar-refractivity contribution >= 4 is 22.7 Å². The predicted octanol–water partition coefficient (Wildman–Crippen LogP) is 16.1. The fourth-order valence-electron chi connectivity index (χ4n) is 9.08. The van der Waals surface area contributed by atoms with Crippen LogP contribution in [0.4, 0.5) is 22.7 Å². The van der Waals surface area contributed by atoms with E-state index in [4.69, 9.17) is 0 Å². The van der Waals surface area contributed by atoms with Gasteiger partial charge in [0, 0.05) is 40.3 Å². The molecule has 300 valence electrons. The molecule has 0 saturated carbocycles. The number of hydrogen-bond acceptors (Lipinski definition) is 2. The van der Waals surface area contributed by atoms with Crippen LogP contribution in [0.25, 0.3) is 33.4 Å². The highest BCUT2D eigenvalue weighted by atomic mass is 15.2. The first kappa shape index (κ1) is 38.8. The van der Waals surface area contributed by atoms with E-state index in [0.29, 0.717) is 11.8 Å². The summed E-state index contributed by atoms with van der Waals surface area (Å²) in [4.78, 5) is 4.83. The van der Waals surface area contributed by atoms with Crippen LogP contribution in [0.2, 0.25) is 0 Å². The molecule has 0 aromatic heterocycles. The van der Waals surface area contributed by atoms with Gasteiger partial charge >= 0.3 is 0 Å². The van der Waals surface area contributed by atoms with E-state index in [1.807, 2.05) is 0 Å². The van der Waals surface area contributed by atoms with Crippen molar-refractivity contribution in [1.82, 2.24) is 0 Å². The molecule has 3 atom stereocenters. The van der Waals surface area contributed by atoms with Crippen LogP contribution in [0.1, 0.15) is 42.2 Å². The summed E-state index contributed by atoms with van der Waals surface area (Å²) < 4.78 is 0. The first-order valence-corrected chi connectivity index (χ1v) is 22.0. The van der Waals surface area contributed by atoms with Crippen LogP contribution in [0.15, 0.2) is 255 Å². The van der Waals surface area contributed by atoms with Crippen LogP contribution in [-0.2, 0) is 0 Å². The Morgan fingerprint density at radius 2 is 0.774 bits per heavy atom. The van der Waals surface area contributed by atoms with Crippen molar-refractivity contribution in [2.45, 2.75) is 37.1 Å². The molecule has 0 amide bonds. The lowest BCUT2D eigenvalue weighted by Gasteiger charge is -2.35. The third-order valence-corrected chi connectivity index (χ3v) is 12.5. The Kier molecular flexibility index (Phi) is 11.3. The Morgan fingerprint density at radius 1 is 0.339 bits per heavy atom. The fraction of sp³-hybridized carbons (Fsp3) is 0.100. The average Bonchev–Trinajstić information content (AvgIpc) is 3.36. The molecule has 0 bridgehead atoms. The van der Waals surface area contributed by atoms with Gasteiger partial charge in [-0.3, -0.25) is 0 Å². The molecule has 3 aliphatic rings. The Balaban J connectivity index is 0.825.